The van der Waals surface area contributed by atoms with Crippen LogP contribution in [-0.4, -0.2) is 47.4 Å². The van der Waals surface area contributed by atoms with Crippen LogP contribution in [0.3, 0.4) is 0 Å². The number of aromatic carboxylic acids is 1. The van der Waals surface area contributed by atoms with Crippen molar-refractivity contribution < 1.29 is 19.5 Å². The number of carboxylic acid groups (broad SMARTS) is 1. The fraction of sp³-hybridized carbons (Fsp3) is 0.357. The number of nitrogens with one attached hydrogen (secondary N) is 1. The van der Waals surface area contributed by atoms with Crippen LogP contribution in [0.2, 0.25) is 0 Å². The van der Waals surface area contributed by atoms with Crippen LogP contribution >= 0.6 is 0 Å². The molecule has 2 amide bonds. The highest BCUT2D eigenvalue weighted by Gasteiger charge is 2.33. The summed E-state index contributed by atoms with van der Waals surface area (Å²) in [4.78, 5) is 36.4. The summed E-state index contributed by atoms with van der Waals surface area (Å²) in [5, 5.41) is 11.4. The zero-order valence-corrected chi connectivity index (χ0v) is 11.1. The van der Waals surface area contributed by atoms with Gasteiger partial charge < -0.3 is 15.3 Å². The average Bonchev–Trinajstić information content (AvgIpc) is 2.95. The van der Waals surface area contributed by atoms with Crippen LogP contribution in [0.5, 0.6) is 0 Å². The van der Waals surface area contributed by atoms with Crippen LogP contribution in [0.1, 0.15) is 33.6 Å². The number of likely N-dealkylation sites (N-methyl/N-ethyl adjacent to an activating group) is 1. The maximum Gasteiger partial charge on any atom is 0.335 e. The first-order chi connectivity index (χ1) is 9.54. The fourth-order valence-corrected chi connectivity index (χ4v) is 2.37. The van der Waals surface area contributed by atoms with E-state index in [-0.39, 0.29) is 17.4 Å². The summed E-state index contributed by atoms with van der Waals surface area (Å²) < 4.78 is 0. The molecular formula is C14H16N2O4. The Balaban J connectivity index is 2.18. The number of nitrogens with zero attached hydrogens (tertiary/aromatic N) is 1. The predicted molar refractivity (Wildman–Crippen MR) is 71.5 cm³/mol. The Kier molecular flexibility index (Phi) is 4.02. The molecule has 2 rings (SSSR count). The lowest BCUT2D eigenvalue weighted by Crippen LogP contribution is -2.44. The van der Waals surface area contributed by atoms with Gasteiger partial charge in [0.05, 0.1) is 5.56 Å². The molecular weight excluding hydrogens is 260 g/mol. The normalized spacial score (nSPS) is 17.9. The topological polar surface area (TPSA) is 86.7 Å². The minimum atomic E-state index is -1.03. The van der Waals surface area contributed by atoms with Gasteiger partial charge in [0.1, 0.15) is 6.04 Å². The van der Waals surface area contributed by atoms with Crippen molar-refractivity contribution in [3.63, 3.8) is 0 Å². The van der Waals surface area contributed by atoms with E-state index in [0.717, 1.165) is 6.42 Å². The van der Waals surface area contributed by atoms with Gasteiger partial charge in [-0.15, -0.1) is 0 Å². The van der Waals surface area contributed by atoms with E-state index < -0.39 is 12.0 Å². The van der Waals surface area contributed by atoms with E-state index in [4.69, 9.17) is 5.11 Å². The van der Waals surface area contributed by atoms with Crippen LogP contribution in [-0.2, 0) is 4.79 Å². The third-order valence-electron chi connectivity index (χ3n) is 3.44. The van der Waals surface area contributed by atoms with Crippen LogP contribution in [0.25, 0.3) is 0 Å². The van der Waals surface area contributed by atoms with Gasteiger partial charge in [0.2, 0.25) is 5.91 Å². The van der Waals surface area contributed by atoms with E-state index in [9.17, 15) is 14.4 Å². The second kappa shape index (κ2) is 5.73. The first-order valence-electron chi connectivity index (χ1n) is 6.40. The molecule has 0 saturated carbocycles. The minimum absolute atomic E-state index is 0.130. The van der Waals surface area contributed by atoms with Crippen LogP contribution < -0.4 is 5.32 Å². The van der Waals surface area contributed by atoms with Crippen molar-refractivity contribution in [3.05, 3.63) is 35.4 Å². The molecule has 20 heavy (non-hydrogen) atoms. The molecule has 0 spiro atoms. The quantitative estimate of drug-likeness (QED) is 0.852. The molecule has 1 aliphatic rings. The molecule has 6 heteroatoms. The molecule has 1 atom stereocenters. The Bertz CT molecular complexity index is 539. The van der Waals surface area contributed by atoms with Crippen molar-refractivity contribution in [2.45, 2.75) is 18.9 Å². The Morgan fingerprint density at radius 2 is 1.80 bits per heavy atom. The Morgan fingerprint density at radius 3 is 2.35 bits per heavy atom. The number of hydrogen-bond donors (Lipinski definition) is 2. The van der Waals surface area contributed by atoms with Crippen molar-refractivity contribution in [2.75, 3.05) is 13.6 Å². The van der Waals surface area contributed by atoms with E-state index in [1.165, 1.54) is 29.2 Å². The summed E-state index contributed by atoms with van der Waals surface area (Å²) in [5.74, 6) is -1.44. The van der Waals surface area contributed by atoms with Crippen molar-refractivity contribution >= 4 is 17.8 Å². The lowest BCUT2D eigenvalue weighted by Gasteiger charge is -2.23. The van der Waals surface area contributed by atoms with Crippen LogP contribution in [0, 0.1) is 0 Å². The van der Waals surface area contributed by atoms with Gasteiger partial charge in [-0.05, 0) is 37.1 Å². The number of likely N-dealkylation sites (tertiary alicyclic amines) is 1. The van der Waals surface area contributed by atoms with E-state index >= 15 is 0 Å². The summed E-state index contributed by atoms with van der Waals surface area (Å²) >= 11 is 0. The highest BCUT2D eigenvalue weighted by atomic mass is 16.4. The van der Waals surface area contributed by atoms with Crippen molar-refractivity contribution in [2.24, 2.45) is 0 Å². The lowest BCUT2D eigenvalue weighted by atomic mass is 10.1. The smallest absolute Gasteiger partial charge is 0.335 e. The molecule has 1 saturated heterocycles. The summed E-state index contributed by atoms with van der Waals surface area (Å²) in [6, 6.07) is 5.29. The van der Waals surface area contributed by atoms with Gasteiger partial charge in [-0.2, -0.15) is 0 Å². The molecule has 2 N–H and O–H groups in total. The SMILES string of the molecule is CNC(=O)[C@@H]1CCCN1C(=O)c1ccc(C(=O)O)cc1. The molecule has 0 unspecified atom stereocenters. The maximum atomic E-state index is 12.4. The molecule has 0 bridgehead atoms. The largest absolute Gasteiger partial charge is 0.478 e. The van der Waals surface area contributed by atoms with Gasteiger partial charge in [0, 0.05) is 19.2 Å². The second-order valence-electron chi connectivity index (χ2n) is 4.65. The first-order valence-corrected chi connectivity index (χ1v) is 6.40. The number of carbonyl (C=O) groups is 3. The molecule has 1 aromatic rings. The van der Waals surface area contributed by atoms with Gasteiger partial charge >= 0.3 is 5.97 Å². The number of amides is 2. The van der Waals surface area contributed by atoms with Crippen molar-refractivity contribution in [1.82, 2.24) is 10.2 Å². The fourth-order valence-electron chi connectivity index (χ4n) is 2.37. The summed E-state index contributed by atoms with van der Waals surface area (Å²) in [5.41, 5.74) is 0.525. The van der Waals surface area contributed by atoms with Gasteiger partial charge in [-0.25, -0.2) is 4.79 Å². The molecule has 1 aliphatic heterocycles. The highest BCUT2D eigenvalue weighted by Crippen LogP contribution is 2.20. The molecule has 6 nitrogen and oxygen atoms in total. The second-order valence-corrected chi connectivity index (χ2v) is 4.65. The van der Waals surface area contributed by atoms with Gasteiger partial charge in [-0.3, -0.25) is 9.59 Å². The van der Waals surface area contributed by atoms with E-state index in [2.05, 4.69) is 5.32 Å². The molecule has 106 valence electrons. The third kappa shape index (κ3) is 2.64. The monoisotopic (exact) mass is 276 g/mol. The minimum Gasteiger partial charge on any atom is -0.478 e. The van der Waals surface area contributed by atoms with Gasteiger partial charge in [0.15, 0.2) is 0 Å². The predicted octanol–water partition coefficient (Wildman–Crippen LogP) is 0.735. The summed E-state index contributed by atoms with van der Waals surface area (Å²) in [7, 11) is 1.55. The molecule has 0 radical (unpaired) electrons. The highest BCUT2D eigenvalue weighted by molar-refractivity contribution is 5.98. The number of carbonyl (C=O) groups excluding carboxylic acids is 2. The zero-order valence-electron chi connectivity index (χ0n) is 11.1. The summed E-state index contributed by atoms with van der Waals surface area (Å²) in [6.07, 6.45) is 1.44. The Labute approximate surface area is 116 Å². The average molecular weight is 276 g/mol. The van der Waals surface area contributed by atoms with E-state index in [1.807, 2.05) is 0 Å². The summed E-state index contributed by atoms with van der Waals surface area (Å²) in [6.45, 7) is 0.539. The Morgan fingerprint density at radius 1 is 1.20 bits per heavy atom. The molecule has 0 aromatic heterocycles. The number of benzene rings is 1. The van der Waals surface area contributed by atoms with E-state index in [1.54, 1.807) is 7.05 Å². The van der Waals surface area contributed by atoms with E-state index in [0.29, 0.717) is 18.5 Å². The molecule has 1 heterocycles. The Hall–Kier alpha value is -2.37. The number of hydrogen-bond acceptors (Lipinski definition) is 3. The third-order valence-corrected chi connectivity index (χ3v) is 3.44. The molecule has 0 aliphatic carbocycles. The number of rotatable bonds is 3. The van der Waals surface area contributed by atoms with Crippen molar-refractivity contribution in [3.8, 4) is 0 Å². The zero-order chi connectivity index (χ0) is 14.7. The van der Waals surface area contributed by atoms with Crippen LogP contribution in [0.4, 0.5) is 0 Å². The molecule has 1 aromatic carbocycles. The molecule has 1 fully saturated rings. The maximum absolute atomic E-state index is 12.4. The number of carboxylic acids is 1. The van der Waals surface area contributed by atoms with Crippen LogP contribution in [0.15, 0.2) is 24.3 Å². The standard InChI is InChI=1S/C14H16N2O4/c1-15-12(17)11-3-2-8-16(11)13(18)9-4-6-10(7-5-9)14(19)20/h4-7,11H,2-3,8H2,1H3,(H,15,17)(H,19,20)/t11-/m0/s1. The van der Waals surface area contributed by atoms with Gasteiger partial charge in [0.25, 0.3) is 5.91 Å². The van der Waals surface area contributed by atoms with Crippen molar-refractivity contribution in [1.29, 1.82) is 0 Å². The lowest BCUT2D eigenvalue weighted by molar-refractivity contribution is -0.124. The first kappa shape index (κ1) is 14.0. The van der Waals surface area contributed by atoms with Gasteiger partial charge in [-0.1, -0.05) is 0 Å².